The number of aromatic nitrogens is 2. The molecular formula is C16H28N4O. The van der Waals surface area contributed by atoms with E-state index in [-0.39, 0.29) is 11.3 Å². The van der Waals surface area contributed by atoms with Crippen LogP contribution in [0.5, 0.6) is 0 Å². The van der Waals surface area contributed by atoms with Crippen molar-refractivity contribution in [3.8, 4) is 0 Å². The van der Waals surface area contributed by atoms with Crippen LogP contribution in [0.1, 0.15) is 43.6 Å². The van der Waals surface area contributed by atoms with E-state index in [0.717, 1.165) is 42.9 Å². The molecular weight excluding hydrogens is 264 g/mol. The third-order valence-electron chi connectivity index (χ3n) is 4.99. The average Bonchev–Trinajstić information content (AvgIpc) is 2.70. The third-order valence-corrected chi connectivity index (χ3v) is 4.99. The molecule has 21 heavy (non-hydrogen) atoms. The Morgan fingerprint density at radius 2 is 2.19 bits per heavy atom. The number of amides is 1. The molecule has 1 aromatic heterocycles. The maximum atomic E-state index is 12.6. The van der Waals surface area contributed by atoms with Crippen molar-refractivity contribution in [2.24, 2.45) is 18.4 Å². The quantitative estimate of drug-likeness (QED) is 0.887. The van der Waals surface area contributed by atoms with Crippen molar-refractivity contribution in [2.75, 3.05) is 13.1 Å². The maximum Gasteiger partial charge on any atom is 0.226 e. The molecule has 0 spiro atoms. The summed E-state index contributed by atoms with van der Waals surface area (Å²) in [6, 6.07) is 0. The smallest absolute Gasteiger partial charge is 0.226 e. The van der Waals surface area contributed by atoms with Gasteiger partial charge in [-0.3, -0.25) is 9.48 Å². The molecule has 1 unspecified atom stereocenters. The number of piperidine rings is 1. The Bertz CT molecular complexity index is 513. The highest BCUT2D eigenvalue weighted by Gasteiger charge is 2.37. The molecule has 1 atom stereocenters. The molecule has 0 radical (unpaired) electrons. The number of carbonyl (C=O) groups excluding carboxylic acids is 1. The van der Waals surface area contributed by atoms with Gasteiger partial charge in [0.15, 0.2) is 0 Å². The van der Waals surface area contributed by atoms with E-state index in [4.69, 9.17) is 0 Å². The highest BCUT2D eigenvalue weighted by Crippen LogP contribution is 2.32. The first-order valence-electron chi connectivity index (χ1n) is 7.82. The van der Waals surface area contributed by atoms with E-state index in [2.05, 4.69) is 29.6 Å². The minimum atomic E-state index is -0.336. The lowest BCUT2D eigenvalue weighted by molar-refractivity contribution is -0.132. The van der Waals surface area contributed by atoms with E-state index >= 15 is 0 Å². The summed E-state index contributed by atoms with van der Waals surface area (Å²) in [4.78, 5) is 12.6. The monoisotopic (exact) mass is 292 g/mol. The highest BCUT2D eigenvalue weighted by atomic mass is 16.2. The molecule has 0 aliphatic carbocycles. The summed E-state index contributed by atoms with van der Waals surface area (Å²) in [5.74, 6) is 0.543. The molecule has 118 valence electrons. The predicted molar refractivity (Wildman–Crippen MR) is 83.9 cm³/mol. The molecule has 1 saturated heterocycles. The molecule has 2 heterocycles. The fourth-order valence-electron chi connectivity index (χ4n) is 3.12. The summed E-state index contributed by atoms with van der Waals surface area (Å²) in [5, 5.41) is 10.9. The largest absolute Gasteiger partial charge is 0.351 e. The zero-order chi connectivity index (χ0) is 15.6. The molecule has 1 fully saturated rings. The Morgan fingerprint density at radius 1 is 1.48 bits per heavy atom. The van der Waals surface area contributed by atoms with Gasteiger partial charge in [0.2, 0.25) is 5.91 Å². The Morgan fingerprint density at radius 3 is 2.71 bits per heavy atom. The van der Waals surface area contributed by atoms with Crippen molar-refractivity contribution in [1.29, 1.82) is 0 Å². The van der Waals surface area contributed by atoms with Crippen LogP contribution in [-0.4, -0.2) is 28.8 Å². The van der Waals surface area contributed by atoms with Crippen LogP contribution < -0.4 is 10.6 Å². The van der Waals surface area contributed by atoms with E-state index < -0.39 is 0 Å². The molecule has 1 aliphatic heterocycles. The fraction of sp³-hybridized carbons (Fsp3) is 0.750. The number of aryl methyl sites for hydroxylation is 2. The molecule has 2 N–H and O–H groups in total. The van der Waals surface area contributed by atoms with Crippen LogP contribution in [0, 0.1) is 25.2 Å². The third kappa shape index (κ3) is 3.28. The van der Waals surface area contributed by atoms with Gasteiger partial charge in [-0.25, -0.2) is 0 Å². The predicted octanol–water partition coefficient (Wildman–Crippen LogP) is 1.68. The normalized spacial score (nSPS) is 19.6. The van der Waals surface area contributed by atoms with E-state index in [1.165, 1.54) is 0 Å². The second-order valence-electron chi connectivity index (χ2n) is 6.72. The molecule has 5 heteroatoms. The van der Waals surface area contributed by atoms with Crippen LogP contribution in [0.25, 0.3) is 0 Å². The van der Waals surface area contributed by atoms with E-state index in [1.807, 2.05) is 25.6 Å². The average molecular weight is 292 g/mol. The van der Waals surface area contributed by atoms with Crippen LogP contribution in [-0.2, 0) is 18.4 Å². The van der Waals surface area contributed by atoms with Crippen LogP contribution in [0.3, 0.4) is 0 Å². The van der Waals surface area contributed by atoms with Crippen LogP contribution in [0.15, 0.2) is 0 Å². The SMILES string of the molecule is Cc1nn(C)c(C)c1CNC(=O)C(C)(C)C1CCCNC1. The second kappa shape index (κ2) is 6.18. The molecule has 2 rings (SSSR count). The number of nitrogens with one attached hydrogen (secondary N) is 2. The lowest BCUT2D eigenvalue weighted by Gasteiger charge is -2.36. The van der Waals surface area contributed by atoms with Gasteiger partial charge in [0, 0.05) is 30.3 Å². The van der Waals surface area contributed by atoms with Crippen molar-refractivity contribution in [3.05, 3.63) is 17.0 Å². The standard InChI is InChI=1S/C16H28N4O/c1-11-14(12(2)20(5)19-11)10-18-15(21)16(3,4)13-7-6-8-17-9-13/h13,17H,6-10H2,1-5H3,(H,18,21). The minimum absolute atomic E-state index is 0.138. The van der Waals surface area contributed by atoms with Gasteiger partial charge >= 0.3 is 0 Å². The van der Waals surface area contributed by atoms with Crippen LogP contribution in [0.2, 0.25) is 0 Å². The molecule has 0 aromatic carbocycles. The van der Waals surface area contributed by atoms with Gasteiger partial charge < -0.3 is 10.6 Å². The van der Waals surface area contributed by atoms with Gasteiger partial charge in [-0.1, -0.05) is 13.8 Å². The van der Waals surface area contributed by atoms with Gasteiger partial charge in [-0.15, -0.1) is 0 Å². The number of carbonyl (C=O) groups is 1. The number of hydrogen-bond acceptors (Lipinski definition) is 3. The van der Waals surface area contributed by atoms with Gasteiger partial charge in [-0.2, -0.15) is 5.10 Å². The van der Waals surface area contributed by atoms with Crippen molar-refractivity contribution in [2.45, 2.75) is 47.1 Å². The lowest BCUT2D eigenvalue weighted by Crippen LogP contribution is -2.47. The first kappa shape index (κ1) is 16.0. The van der Waals surface area contributed by atoms with Crippen molar-refractivity contribution in [3.63, 3.8) is 0 Å². The lowest BCUT2D eigenvalue weighted by atomic mass is 9.74. The maximum absolute atomic E-state index is 12.6. The summed E-state index contributed by atoms with van der Waals surface area (Å²) in [6.07, 6.45) is 2.28. The van der Waals surface area contributed by atoms with Crippen LogP contribution in [0.4, 0.5) is 0 Å². The summed E-state index contributed by atoms with van der Waals surface area (Å²) in [7, 11) is 1.94. The Labute approximate surface area is 127 Å². The Kier molecular flexibility index (Phi) is 4.71. The summed E-state index contributed by atoms with van der Waals surface area (Å²) >= 11 is 0. The molecule has 5 nitrogen and oxygen atoms in total. The Hall–Kier alpha value is -1.36. The van der Waals surface area contributed by atoms with Crippen molar-refractivity contribution in [1.82, 2.24) is 20.4 Å². The number of hydrogen-bond donors (Lipinski definition) is 2. The summed E-state index contributed by atoms with van der Waals surface area (Å²) in [5.41, 5.74) is 2.90. The van der Waals surface area contributed by atoms with Gasteiger partial charge in [0.25, 0.3) is 0 Å². The fourth-order valence-corrected chi connectivity index (χ4v) is 3.12. The zero-order valence-electron chi connectivity index (χ0n) is 13.9. The van der Waals surface area contributed by atoms with E-state index in [0.29, 0.717) is 12.5 Å². The van der Waals surface area contributed by atoms with Gasteiger partial charge in [0.1, 0.15) is 0 Å². The van der Waals surface area contributed by atoms with Crippen LogP contribution >= 0.6 is 0 Å². The minimum Gasteiger partial charge on any atom is -0.351 e. The topological polar surface area (TPSA) is 59.0 Å². The summed E-state index contributed by atoms with van der Waals surface area (Å²) < 4.78 is 1.87. The second-order valence-corrected chi connectivity index (χ2v) is 6.72. The number of rotatable bonds is 4. The highest BCUT2D eigenvalue weighted by molar-refractivity contribution is 5.82. The van der Waals surface area contributed by atoms with Gasteiger partial charge in [0.05, 0.1) is 5.69 Å². The zero-order valence-corrected chi connectivity index (χ0v) is 13.9. The van der Waals surface area contributed by atoms with Crippen molar-refractivity contribution < 1.29 is 4.79 Å². The van der Waals surface area contributed by atoms with Gasteiger partial charge in [-0.05, 0) is 45.7 Å². The van der Waals surface area contributed by atoms with E-state index in [1.54, 1.807) is 0 Å². The first-order chi connectivity index (χ1) is 9.84. The van der Waals surface area contributed by atoms with E-state index in [9.17, 15) is 4.79 Å². The number of nitrogens with zero attached hydrogens (tertiary/aromatic N) is 2. The Balaban J connectivity index is 2.00. The van der Waals surface area contributed by atoms with Crippen molar-refractivity contribution >= 4 is 5.91 Å². The molecule has 1 amide bonds. The molecule has 1 aromatic rings. The first-order valence-corrected chi connectivity index (χ1v) is 7.82. The molecule has 0 saturated carbocycles. The molecule has 0 bridgehead atoms. The molecule has 1 aliphatic rings. The summed E-state index contributed by atoms with van der Waals surface area (Å²) in [6.45, 7) is 10.7.